The molecule has 2 aromatic rings. The minimum atomic E-state index is -2.08. The number of benzene rings is 2. The number of hydrogen-bond acceptors (Lipinski definition) is 3. The first kappa shape index (κ1) is 12.9. The van der Waals surface area contributed by atoms with Crippen molar-refractivity contribution in [1.82, 2.24) is 0 Å². The van der Waals surface area contributed by atoms with Crippen molar-refractivity contribution >= 4 is 20.4 Å². The normalized spacial score (nSPS) is 13.1. The van der Waals surface area contributed by atoms with Gasteiger partial charge in [0.15, 0.2) is 12.2 Å². The summed E-state index contributed by atoms with van der Waals surface area (Å²) in [7, 11) is -0.461. The lowest BCUT2D eigenvalue weighted by Gasteiger charge is -2.15. The second-order valence-electron chi connectivity index (χ2n) is 4.65. The van der Waals surface area contributed by atoms with Gasteiger partial charge in [-0.2, -0.15) is 0 Å². The SMILES string of the molecule is CO[SiH](OC=C=O)c1cccc2c1Cc1ccccc1-2. The molecule has 0 aromatic heterocycles. The van der Waals surface area contributed by atoms with Crippen molar-refractivity contribution in [2.45, 2.75) is 6.42 Å². The molecule has 0 amide bonds. The molecule has 20 heavy (non-hydrogen) atoms. The first-order valence-electron chi connectivity index (χ1n) is 6.43. The molecule has 1 aliphatic rings. The van der Waals surface area contributed by atoms with Gasteiger partial charge in [0.2, 0.25) is 0 Å². The lowest BCUT2D eigenvalue weighted by molar-refractivity contribution is 0.321. The third-order valence-corrected chi connectivity index (χ3v) is 5.45. The molecule has 0 saturated heterocycles. The summed E-state index contributed by atoms with van der Waals surface area (Å²) in [6, 6.07) is 14.6. The zero-order chi connectivity index (χ0) is 13.9. The van der Waals surface area contributed by atoms with E-state index in [0.29, 0.717) is 0 Å². The Balaban J connectivity index is 2.06. The van der Waals surface area contributed by atoms with Gasteiger partial charge in [-0.1, -0.05) is 42.5 Å². The van der Waals surface area contributed by atoms with Crippen molar-refractivity contribution in [3.8, 4) is 11.1 Å². The molecule has 1 atom stereocenters. The van der Waals surface area contributed by atoms with Crippen LogP contribution in [0.1, 0.15) is 11.1 Å². The monoisotopic (exact) mass is 282 g/mol. The molecule has 100 valence electrons. The van der Waals surface area contributed by atoms with Gasteiger partial charge >= 0.3 is 9.28 Å². The fourth-order valence-corrected chi connectivity index (χ4v) is 4.25. The predicted octanol–water partition coefficient (Wildman–Crippen LogP) is 1.69. The highest BCUT2D eigenvalue weighted by Gasteiger charge is 2.26. The van der Waals surface area contributed by atoms with Gasteiger partial charge in [-0.15, -0.1) is 0 Å². The molecule has 0 spiro atoms. The van der Waals surface area contributed by atoms with E-state index >= 15 is 0 Å². The summed E-state index contributed by atoms with van der Waals surface area (Å²) in [5.74, 6) is 1.64. The molecule has 0 N–H and O–H groups in total. The van der Waals surface area contributed by atoms with Crippen molar-refractivity contribution in [1.29, 1.82) is 0 Å². The van der Waals surface area contributed by atoms with Gasteiger partial charge in [-0.05, 0) is 28.7 Å². The van der Waals surface area contributed by atoms with E-state index < -0.39 is 9.28 Å². The summed E-state index contributed by atoms with van der Waals surface area (Å²) in [6.07, 6.45) is 1.95. The maximum atomic E-state index is 10.3. The maximum absolute atomic E-state index is 10.3. The zero-order valence-corrected chi connectivity index (χ0v) is 12.3. The predicted molar refractivity (Wildman–Crippen MR) is 79.8 cm³/mol. The van der Waals surface area contributed by atoms with Crippen LogP contribution in [0.2, 0.25) is 0 Å². The third-order valence-electron chi connectivity index (χ3n) is 3.59. The molecule has 0 radical (unpaired) electrons. The van der Waals surface area contributed by atoms with Crippen molar-refractivity contribution in [3.63, 3.8) is 0 Å². The molecule has 3 nitrogen and oxygen atoms in total. The Kier molecular flexibility index (Phi) is 3.52. The van der Waals surface area contributed by atoms with E-state index in [1.807, 2.05) is 12.1 Å². The van der Waals surface area contributed by atoms with E-state index in [1.54, 1.807) is 13.1 Å². The molecule has 0 heterocycles. The number of fused-ring (bicyclic) bond motifs is 3. The minimum absolute atomic E-state index is 0.892. The van der Waals surface area contributed by atoms with Gasteiger partial charge in [0.05, 0.1) is 0 Å². The Morgan fingerprint density at radius 2 is 1.95 bits per heavy atom. The smallest absolute Gasteiger partial charge is 0.417 e. The molecule has 0 fully saturated rings. The molecule has 4 heteroatoms. The second-order valence-corrected chi connectivity index (χ2v) is 6.68. The number of carbonyl (C=O) groups excluding carboxylic acids is 1. The van der Waals surface area contributed by atoms with Crippen LogP contribution in [0.15, 0.2) is 48.7 Å². The van der Waals surface area contributed by atoms with Crippen LogP contribution in [0.4, 0.5) is 0 Å². The Bertz CT molecular complexity index is 690. The second kappa shape index (κ2) is 5.47. The van der Waals surface area contributed by atoms with Crippen molar-refractivity contribution in [2.75, 3.05) is 7.11 Å². The quantitative estimate of drug-likeness (QED) is 0.415. The molecule has 0 aliphatic heterocycles. The van der Waals surface area contributed by atoms with Gasteiger partial charge in [-0.3, -0.25) is 0 Å². The highest BCUT2D eigenvalue weighted by Crippen LogP contribution is 2.35. The van der Waals surface area contributed by atoms with Gasteiger partial charge in [0.25, 0.3) is 0 Å². The Hall–Kier alpha value is -2.13. The third kappa shape index (κ3) is 2.10. The summed E-state index contributed by atoms with van der Waals surface area (Å²) < 4.78 is 10.9. The van der Waals surface area contributed by atoms with Gasteiger partial charge in [0.1, 0.15) is 0 Å². The first-order valence-corrected chi connectivity index (χ1v) is 7.95. The van der Waals surface area contributed by atoms with Crippen LogP contribution >= 0.6 is 0 Å². The van der Waals surface area contributed by atoms with E-state index in [2.05, 4.69) is 30.3 Å². The Morgan fingerprint density at radius 1 is 1.15 bits per heavy atom. The molecule has 1 aliphatic carbocycles. The average Bonchev–Trinajstić information content (AvgIpc) is 2.87. The number of rotatable bonds is 4. The molecular weight excluding hydrogens is 268 g/mol. The highest BCUT2D eigenvalue weighted by molar-refractivity contribution is 6.62. The minimum Gasteiger partial charge on any atom is -0.516 e. The molecule has 1 unspecified atom stereocenters. The van der Waals surface area contributed by atoms with Crippen LogP contribution in [0.5, 0.6) is 0 Å². The van der Waals surface area contributed by atoms with Crippen LogP contribution in [0, 0.1) is 0 Å². The average molecular weight is 282 g/mol. The van der Waals surface area contributed by atoms with E-state index in [-0.39, 0.29) is 0 Å². The Morgan fingerprint density at radius 3 is 2.75 bits per heavy atom. The summed E-state index contributed by atoms with van der Waals surface area (Å²) >= 11 is 0. The van der Waals surface area contributed by atoms with Gasteiger partial charge in [-0.25, -0.2) is 4.79 Å². The van der Waals surface area contributed by atoms with E-state index in [4.69, 9.17) is 8.85 Å². The van der Waals surface area contributed by atoms with Crippen LogP contribution in [0.25, 0.3) is 11.1 Å². The van der Waals surface area contributed by atoms with Crippen molar-refractivity contribution < 1.29 is 13.6 Å². The highest BCUT2D eigenvalue weighted by atomic mass is 28.3. The molecule has 3 rings (SSSR count). The zero-order valence-electron chi connectivity index (χ0n) is 11.1. The summed E-state index contributed by atoms with van der Waals surface area (Å²) in [5, 5.41) is 1.09. The summed E-state index contributed by atoms with van der Waals surface area (Å²) in [4.78, 5) is 10.3. The first-order chi connectivity index (χ1) is 9.85. The fourth-order valence-electron chi connectivity index (χ4n) is 2.75. The lowest BCUT2D eigenvalue weighted by Crippen LogP contribution is -2.37. The number of hydrogen-bond donors (Lipinski definition) is 0. The fraction of sp³-hybridized carbons (Fsp3) is 0.125. The van der Waals surface area contributed by atoms with Gasteiger partial charge in [0, 0.05) is 12.3 Å². The van der Waals surface area contributed by atoms with E-state index in [0.717, 1.165) is 17.9 Å². The van der Waals surface area contributed by atoms with Crippen molar-refractivity contribution in [3.05, 3.63) is 59.9 Å². The molecule has 0 bridgehead atoms. The van der Waals surface area contributed by atoms with Crippen LogP contribution in [0.3, 0.4) is 0 Å². The largest absolute Gasteiger partial charge is 0.516 e. The van der Waals surface area contributed by atoms with Gasteiger partial charge < -0.3 is 8.85 Å². The van der Waals surface area contributed by atoms with Crippen molar-refractivity contribution in [2.24, 2.45) is 0 Å². The van der Waals surface area contributed by atoms with E-state index in [1.165, 1.54) is 22.3 Å². The standard InChI is InChI=1S/C16H14O3Si/c1-18-20(19-10-9-17)16-8-4-7-14-13-6-3-2-5-12(13)11-15(14)16/h2-8,10,20H,11H2,1H3. The lowest BCUT2D eigenvalue weighted by atomic mass is 10.1. The summed E-state index contributed by atoms with van der Waals surface area (Å²) in [6.45, 7) is 0. The molecule has 0 saturated carbocycles. The molecule has 2 aromatic carbocycles. The Labute approximate surface area is 119 Å². The topological polar surface area (TPSA) is 35.5 Å². The van der Waals surface area contributed by atoms with Crippen LogP contribution in [-0.4, -0.2) is 22.3 Å². The maximum Gasteiger partial charge on any atom is 0.417 e. The molecular formula is C16H14O3Si. The van der Waals surface area contributed by atoms with E-state index in [9.17, 15) is 4.79 Å². The van der Waals surface area contributed by atoms with Crippen LogP contribution < -0.4 is 5.19 Å². The summed E-state index contributed by atoms with van der Waals surface area (Å²) in [5.41, 5.74) is 5.10. The van der Waals surface area contributed by atoms with Crippen LogP contribution in [-0.2, 0) is 20.1 Å².